The van der Waals surface area contributed by atoms with E-state index >= 15 is 0 Å². The van der Waals surface area contributed by atoms with E-state index in [0.29, 0.717) is 11.3 Å². The third-order valence-corrected chi connectivity index (χ3v) is 4.41. The summed E-state index contributed by atoms with van der Waals surface area (Å²) < 4.78 is 0. The molecule has 7 heteroatoms. The zero-order chi connectivity index (χ0) is 17.7. The molecule has 1 aromatic rings. The molecule has 0 bridgehead atoms. The van der Waals surface area contributed by atoms with Crippen LogP contribution in [-0.2, 0) is 9.59 Å². The molecule has 1 fully saturated rings. The third-order valence-electron chi connectivity index (χ3n) is 4.41. The van der Waals surface area contributed by atoms with Crippen molar-refractivity contribution in [2.24, 2.45) is 17.4 Å². The molecule has 7 nitrogen and oxygen atoms in total. The third kappa shape index (κ3) is 4.55. The molecule has 1 aliphatic carbocycles. The number of benzene rings is 1. The van der Waals surface area contributed by atoms with Gasteiger partial charge in [-0.1, -0.05) is 12.8 Å². The second-order valence-electron chi connectivity index (χ2n) is 6.52. The second kappa shape index (κ2) is 7.44. The van der Waals surface area contributed by atoms with E-state index in [1.165, 1.54) is 0 Å². The summed E-state index contributed by atoms with van der Waals surface area (Å²) >= 11 is 0. The van der Waals surface area contributed by atoms with Crippen LogP contribution in [0.15, 0.2) is 24.3 Å². The van der Waals surface area contributed by atoms with E-state index in [-0.39, 0.29) is 18.4 Å². The topological polar surface area (TPSA) is 127 Å². The van der Waals surface area contributed by atoms with Crippen LogP contribution in [0.25, 0.3) is 0 Å². The van der Waals surface area contributed by atoms with Crippen LogP contribution in [0.5, 0.6) is 0 Å². The predicted octanol–water partition coefficient (Wildman–Crippen LogP) is 0.748. The number of hydrogen-bond donors (Lipinski definition) is 4. The number of hydrogen-bond acceptors (Lipinski definition) is 4. The zero-order valence-corrected chi connectivity index (χ0v) is 13.8. The number of rotatable bonds is 5. The molecule has 0 aliphatic heterocycles. The Kier molecular flexibility index (Phi) is 5.56. The van der Waals surface area contributed by atoms with Gasteiger partial charge in [0.2, 0.25) is 11.8 Å². The van der Waals surface area contributed by atoms with Gasteiger partial charge in [0.15, 0.2) is 0 Å². The maximum Gasteiger partial charge on any atom is 0.251 e. The summed E-state index contributed by atoms with van der Waals surface area (Å²) in [4.78, 5) is 34.9. The maximum absolute atomic E-state index is 12.5. The van der Waals surface area contributed by atoms with Crippen LogP contribution in [0.2, 0.25) is 0 Å². The van der Waals surface area contributed by atoms with Crippen molar-refractivity contribution in [3.63, 3.8) is 0 Å². The first-order valence-electron chi connectivity index (χ1n) is 8.06. The molecule has 0 heterocycles. The smallest absolute Gasteiger partial charge is 0.251 e. The minimum Gasteiger partial charge on any atom is -0.368 e. The lowest BCUT2D eigenvalue weighted by atomic mass is 9.74. The molecular formula is C17H24N4O3. The molecule has 130 valence electrons. The van der Waals surface area contributed by atoms with Crippen LogP contribution in [0.4, 0.5) is 5.69 Å². The summed E-state index contributed by atoms with van der Waals surface area (Å²) in [6.07, 6.45) is 3.67. The Morgan fingerprint density at radius 3 is 2.46 bits per heavy atom. The summed E-state index contributed by atoms with van der Waals surface area (Å²) in [5.74, 6) is -1.31. The number of anilines is 1. The predicted molar refractivity (Wildman–Crippen MR) is 91.1 cm³/mol. The first-order chi connectivity index (χ1) is 11.3. The van der Waals surface area contributed by atoms with E-state index < -0.39 is 17.4 Å². The Labute approximate surface area is 141 Å². The van der Waals surface area contributed by atoms with E-state index in [1.807, 2.05) is 6.92 Å². The van der Waals surface area contributed by atoms with Crippen molar-refractivity contribution in [1.82, 2.24) is 5.32 Å². The molecule has 2 unspecified atom stereocenters. The summed E-state index contributed by atoms with van der Waals surface area (Å²) in [6.45, 7) is 1.71. The molecule has 0 saturated heterocycles. The van der Waals surface area contributed by atoms with Gasteiger partial charge in [-0.05, 0) is 44.0 Å². The first-order valence-corrected chi connectivity index (χ1v) is 8.06. The lowest BCUT2D eigenvalue weighted by Gasteiger charge is -2.37. The van der Waals surface area contributed by atoms with Crippen molar-refractivity contribution in [2.75, 3.05) is 11.9 Å². The fourth-order valence-electron chi connectivity index (χ4n) is 2.99. The van der Waals surface area contributed by atoms with Crippen LogP contribution in [0, 0.1) is 5.92 Å². The minimum atomic E-state index is -0.607. The van der Waals surface area contributed by atoms with Crippen molar-refractivity contribution in [3.05, 3.63) is 29.8 Å². The largest absolute Gasteiger partial charge is 0.368 e. The SMILES string of the molecule is CC1(N)CCCCC1C(=O)Nc1ccc(C(=O)NCC(N)=O)cc1. The first kappa shape index (κ1) is 17.9. The van der Waals surface area contributed by atoms with Gasteiger partial charge in [-0.15, -0.1) is 0 Å². The second-order valence-corrected chi connectivity index (χ2v) is 6.52. The Morgan fingerprint density at radius 1 is 1.21 bits per heavy atom. The van der Waals surface area contributed by atoms with Gasteiger partial charge in [0.05, 0.1) is 12.5 Å². The van der Waals surface area contributed by atoms with Crippen molar-refractivity contribution in [3.8, 4) is 0 Å². The summed E-state index contributed by atoms with van der Waals surface area (Å²) in [7, 11) is 0. The van der Waals surface area contributed by atoms with E-state index in [2.05, 4.69) is 10.6 Å². The average molecular weight is 332 g/mol. The van der Waals surface area contributed by atoms with Crippen LogP contribution >= 0.6 is 0 Å². The normalized spacial score (nSPS) is 23.3. The molecular weight excluding hydrogens is 308 g/mol. The minimum absolute atomic E-state index is 0.0920. The van der Waals surface area contributed by atoms with E-state index in [9.17, 15) is 14.4 Å². The number of primary amides is 1. The lowest BCUT2D eigenvalue weighted by Crippen LogP contribution is -2.51. The van der Waals surface area contributed by atoms with Gasteiger partial charge in [0.1, 0.15) is 0 Å². The molecule has 2 rings (SSSR count). The van der Waals surface area contributed by atoms with Crippen LogP contribution in [0.1, 0.15) is 43.0 Å². The molecule has 1 saturated carbocycles. The number of nitrogens with two attached hydrogens (primary N) is 2. The van der Waals surface area contributed by atoms with Gasteiger partial charge in [0, 0.05) is 16.8 Å². The van der Waals surface area contributed by atoms with E-state index in [1.54, 1.807) is 24.3 Å². The van der Waals surface area contributed by atoms with Crippen LogP contribution in [0.3, 0.4) is 0 Å². The molecule has 24 heavy (non-hydrogen) atoms. The highest BCUT2D eigenvalue weighted by Crippen LogP contribution is 2.32. The zero-order valence-electron chi connectivity index (χ0n) is 13.8. The molecule has 0 aromatic heterocycles. The molecule has 2 atom stereocenters. The van der Waals surface area contributed by atoms with Gasteiger partial charge in [-0.25, -0.2) is 0 Å². The standard InChI is InChI=1S/C17H24N4O3/c1-17(19)9-3-2-4-13(17)16(24)21-12-7-5-11(6-8-12)15(23)20-10-14(18)22/h5-8,13H,2-4,9-10,19H2,1H3,(H2,18,22)(H,20,23)(H,21,24). The van der Waals surface area contributed by atoms with Gasteiger partial charge >= 0.3 is 0 Å². The van der Waals surface area contributed by atoms with E-state index in [0.717, 1.165) is 25.7 Å². The molecule has 0 spiro atoms. The van der Waals surface area contributed by atoms with Gasteiger partial charge in [0.25, 0.3) is 5.91 Å². The Balaban J connectivity index is 1.97. The Hall–Kier alpha value is -2.41. The Morgan fingerprint density at radius 2 is 1.88 bits per heavy atom. The van der Waals surface area contributed by atoms with Crippen molar-refractivity contribution >= 4 is 23.4 Å². The lowest BCUT2D eigenvalue weighted by molar-refractivity contribution is -0.122. The van der Waals surface area contributed by atoms with Crippen LogP contribution in [-0.4, -0.2) is 29.8 Å². The fraction of sp³-hybridized carbons (Fsp3) is 0.471. The summed E-state index contributed by atoms with van der Waals surface area (Å²) in [6, 6.07) is 6.45. The number of carbonyl (C=O) groups is 3. The number of amides is 3. The highest BCUT2D eigenvalue weighted by Gasteiger charge is 2.37. The average Bonchev–Trinajstić information content (AvgIpc) is 2.52. The molecule has 1 aromatic carbocycles. The molecule has 6 N–H and O–H groups in total. The van der Waals surface area contributed by atoms with E-state index in [4.69, 9.17) is 11.5 Å². The molecule has 1 aliphatic rings. The van der Waals surface area contributed by atoms with Crippen molar-refractivity contribution in [2.45, 2.75) is 38.1 Å². The summed E-state index contributed by atoms with van der Waals surface area (Å²) in [5, 5.41) is 5.26. The van der Waals surface area contributed by atoms with Gasteiger partial charge in [-0.2, -0.15) is 0 Å². The fourth-order valence-corrected chi connectivity index (χ4v) is 2.99. The van der Waals surface area contributed by atoms with Crippen LogP contribution < -0.4 is 22.1 Å². The van der Waals surface area contributed by atoms with Crippen molar-refractivity contribution in [1.29, 1.82) is 0 Å². The highest BCUT2D eigenvalue weighted by atomic mass is 16.2. The highest BCUT2D eigenvalue weighted by molar-refractivity contribution is 5.97. The van der Waals surface area contributed by atoms with Crippen molar-refractivity contribution < 1.29 is 14.4 Å². The monoisotopic (exact) mass is 332 g/mol. The summed E-state index contributed by atoms with van der Waals surface area (Å²) in [5.41, 5.74) is 11.7. The quantitative estimate of drug-likeness (QED) is 0.634. The maximum atomic E-state index is 12.5. The number of carbonyl (C=O) groups excluding carboxylic acids is 3. The Bertz CT molecular complexity index is 625. The van der Waals surface area contributed by atoms with Gasteiger partial charge < -0.3 is 22.1 Å². The molecule has 3 amide bonds. The molecule has 0 radical (unpaired) electrons. The van der Waals surface area contributed by atoms with Gasteiger partial charge in [-0.3, -0.25) is 14.4 Å². The number of nitrogens with one attached hydrogen (secondary N) is 2.